The summed E-state index contributed by atoms with van der Waals surface area (Å²) in [5, 5.41) is 0. The van der Waals surface area contributed by atoms with E-state index in [0.29, 0.717) is 24.3 Å². The lowest BCUT2D eigenvalue weighted by Crippen LogP contribution is -2.53. The fourth-order valence-corrected chi connectivity index (χ4v) is 4.30. The number of piperidine rings is 1. The average molecular weight is 424 g/mol. The first-order valence-electron chi connectivity index (χ1n) is 8.92. The Labute approximate surface area is 172 Å². The fraction of sp³-hybridized carbons (Fsp3) is 0.350. The Morgan fingerprint density at radius 3 is 2.29 bits per heavy atom. The van der Waals surface area contributed by atoms with Gasteiger partial charge in [0.25, 0.3) is 15.9 Å². The number of amides is 1. The first kappa shape index (κ1) is 22.2. The molecular formula is C20H26ClN3O3S. The molecule has 0 spiro atoms. The van der Waals surface area contributed by atoms with Gasteiger partial charge in [0.05, 0.1) is 4.90 Å². The summed E-state index contributed by atoms with van der Waals surface area (Å²) in [5.41, 5.74) is 6.96. The summed E-state index contributed by atoms with van der Waals surface area (Å²) in [5.74, 6) is -0.0626. The van der Waals surface area contributed by atoms with Crippen molar-refractivity contribution in [3.63, 3.8) is 0 Å². The quantitative estimate of drug-likeness (QED) is 0.790. The van der Waals surface area contributed by atoms with Crippen molar-refractivity contribution in [2.45, 2.75) is 31.2 Å². The summed E-state index contributed by atoms with van der Waals surface area (Å²) >= 11 is 0. The molecular weight excluding hydrogens is 398 g/mol. The Kier molecular flexibility index (Phi) is 6.75. The van der Waals surface area contributed by atoms with Crippen LogP contribution in [0.5, 0.6) is 0 Å². The van der Waals surface area contributed by atoms with Crippen molar-refractivity contribution in [3.8, 4) is 0 Å². The highest BCUT2D eigenvalue weighted by Crippen LogP contribution is 2.28. The van der Waals surface area contributed by atoms with Crippen LogP contribution in [0.4, 0.5) is 5.69 Å². The van der Waals surface area contributed by atoms with Crippen LogP contribution in [0, 0.1) is 5.41 Å². The minimum Gasteiger partial charge on any atom is -0.338 e. The number of likely N-dealkylation sites (tertiary alicyclic amines) is 1. The molecule has 0 bridgehead atoms. The minimum atomic E-state index is -3.65. The van der Waals surface area contributed by atoms with Crippen molar-refractivity contribution in [1.29, 1.82) is 0 Å². The Hall–Kier alpha value is -2.09. The molecule has 8 heteroatoms. The third-order valence-electron chi connectivity index (χ3n) is 5.04. The predicted molar refractivity (Wildman–Crippen MR) is 113 cm³/mol. The van der Waals surface area contributed by atoms with Gasteiger partial charge in [-0.25, -0.2) is 8.42 Å². The number of rotatable bonds is 4. The zero-order valence-electron chi connectivity index (χ0n) is 16.0. The summed E-state index contributed by atoms with van der Waals surface area (Å²) in [4.78, 5) is 14.8. The van der Waals surface area contributed by atoms with E-state index in [0.717, 1.165) is 6.42 Å². The maximum atomic E-state index is 12.8. The van der Waals surface area contributed by atoms with E-state index in [9.17, 15) is 13.2 Å². The molecule has 0 aromatic heterocycles. The van der Waals surface area contributed by atoms with Crippen LogP contribution < -0.4 is 10.5 Å². The standard InChI is InChI=1S/C20H25N3O3S.ClH/c1-20(2)14-23(13-12-18(20)21)19(24)15-8-10-16(11-9-15)22-27(25,26)17-6-4-3-5-7-17;/h3-11,18,22H,12-14,21H2,1-2H3;1H. The van der Waals surface area contributed by atoms with Gasteiger partial charge in [-0.2, -0.15) is 0 Å². The maximum Gasteiger partial charge on any atom is 0.261 e. The molecule has 1 amide bonds. The lowest BCUT2D eigenvalue weighted by atomic mass is 9.79. The van der Waals surface area contributed by atoms with Gasteiger partial charge in [0.1, 0.15) is 0 Å². The van der Waals surface area contributed by atoms with E-state index in [1.54, 1.807) is 42.5 Å². The zero-order valence-corrected chi connectivity index (χ0v) is 17.6. The number of anilines is 1. The first-order valence-corrected chi connectivity index (χ1v) is 10.4. The van der Waals surface area contributed by atoms with Crippen LogP contribution in [-0.2, 0) is 10.0 Å². The highest BCUT2D eigenvalue weighted by atomic mass is 35.5. The largest absolute Gasteiger partial charge is 0.338 e. The van der Waals surface area contributed by atoms with Gasteiger partial charge in [-0.3, -0.25) is 9.52 Å². The number of hydrogen-bond donors (Lipinski definition) is 2. The second-order valence-electron chi connectivity index (χ2n) is 7.61. The highest BCUT2D eigenvalue weighted by Gasteiger charge is 2.35. The van der Waals surface area contributed by atoms with Gasteiger partial charge in [0, 0.05) is 30.4 Å². The molecule has 1 aliphatic heterocycles. The van der Waals surface area contributed by atoms with Crippen LogP contribution >= 0.6 is 12.4 Å². The van der Waals surface area contributed by atoms with Crippen LogP contribution in [0.2, 0.25) is 0 Å². The second-order valence-corrected chi connectivity index (χ2v) is 9.29. The number of nitrogens with one attached hydrogen (secondary N) is 1. The van der Waals surface area contributed by atoms with Crippen molar-refractivity contribution in [3.05, 3.63) is 60.2 Å². The number of carbonyl (C=O) groups is 1. The molecule has 6 nitrogen and oxygen atoms in total. The number of halogens is 1. The Morgan fingerprint density at radius 1 is 1.11 bits per heavy atom. The predicted octanol–water partition coefficient (Wildman–Crippen LogP) is 3.11. The van der Waals surface area contributed by atoms with Crippen LogP contribution in [0.1, 0.15) is 30.6 Å². The van der Waals surface area contributed by atoms with Gasteiger partial charge in [-0.15, -0.1) is 12.4 Å². The van der Waals surface area contributed by atoms with E-state index >= 15 is 0 Å². The maximum absolute atomic E-state index is 12.8. The van der Waals surface area contributed by atoms with Gasteiger partial charge in [-0.05, 0) is 48.2 Å². The number of hydrogen-bond acceptors (Lipinski definition) is 4. The summed E-state index contributed by atoms with van der Waals surface area (Å²) in [6.07, 6.45) is 0.772. The van der Waals surface area contributed by atoms with E-state index in [1.807, 2.05) is 4.90 Å². The molecule has 152 valence electrons. The average Bonchev–Trinajstić information content (AvgIpc) is 2.64. The molecule has 28 heavy (non-hydrogen) atoms. The third kappa shape index (κ3) is 4.84. The van der Waals surface area contributed by atoms with Crippen molar-refractivity contribution in [2.24, 2.45) is 11.1 Å². The SMILES string of the molecule is CC1(C)CN(C(=O)c2ccc(NS(=O)(=O)c3ccccc3)cc2)CCC1N.Cl. The molecule has 3 rings (SSSR count). The van der Waals surface area contributed by atoms with Crippen molar-refractivity contribution in [1.82, 2.24) is 4.90 Å². The van der Waals surface area contributed by atoms with Crippen LogP contribution in [0.3, 0.4) is 0 Å². The fourth-order valence-electron chi connectivity index (χ4n) is 3.22. The first-order chi connectivity index (χ1) is 12.7. The summed E-state index contributed by atoms with van der Waals surface area (Å²) < 4.78 is 27.3. The molecule has 1 unspecified atom stereocenters. The van der Waals surface area contributed by atoms with Gasteiger partial charge in [0.2, 0.25) is 0 Å². The lowest BCUT2D eigenvalue weighted by molar-refractivity contribution is 0.0533. The topological polar surface area (TPSA) is 92.5 Å². The van der Waals surface area contributed by atoms with E-state index < -0.39 is 10.0 Å². The smallest absolute Gasteiger partial charge is 0.261 e. The number of sulfonamides is 1. The molecule has 0 saturated carbocycles. The van der Waals surface area contributed by atoms with Crippen molar-refractivity contribution in [2.75, 3.05) is 17.8 Å². The molecule has 2 aromatic rings. The lowest BCUT2D eigenvalue weighted by Gasteiger charge is -2.42. The van der Waals surface area contributed by atoms with Crippen molar-refractivity contribution < 1.29 is 13.2 Å². The molecule has 1 atom stereocenters. The summed E-state index contributed by atoms with van der Waals surface area (Å²) in [6, 6.07) is 14.7. The van der Waals surface area contributed by atoms with E-state index in [-0.39, 0.29) is 34.7 Å². The van der Waals surface area contributed by atoms with Gasteiger partial charge in [0.15, 0.2) is 0 Å². The highest BCUT2D eigenvalue weighted by molar-refractivity contribution is 7.92. The Balaban J connectivity index is 0.00000280. The van der Waals surface area contributed by atoms with Gasteiger partial charge < -0.3 is 10.6 Å². The monoisotopic (exact) mass is 423 g/mol. The molecule has 1 aliphatic rings. The van der Waals surface area contributed by atoms with Crippen LogP contribution in [-0.4, -0.2) is 38.4 Å². The molecule has 1 heterocycles. The number of nitrogens with two attached hydrogens (primary N) is 1. The molecule has 0 aliphatic carbocycles. The number of benzene rings is 2. The Morgan fingerprint density at radius 2 is 1.71 bits per heavy atom. The van der Waals surface area contributed by atoms with Crippen LogP contribution in [0.15, 0.2) is 59.5 Å². The third-order valence-corrected chi connectivity index (χ3v) is 6.43. The molecule has 3 N–H and O–H groups in total. The minimum absolute atomic E-state index is 0. The van der Waals surface area contributed by atoms with Crippen molar-refractivity contribution >= 4 is 34.0 Å². The zero-order chi connectivity index (χ0) is 19.7. The number of carbonyl (C=O) groups excluding carboxylic acids is 1. The van der Waals surface area contributed by atoms with E-state index in [1.165, 1.54) is 12.1 Å². The van der Waals surface area contributed by atoms with E-state index in [4.69, 9.17) is 5.73 Å². The number of nitrogens with zero attached hydrogens (tertiary/aromatic N) is 1. The molecule has 2 aromatic carbocycles. The van der Waals surface area contributed by atoms with Crippen LogP contribution in [0.25, 0.3) is 0 Å². The second kappa shape index (κ2) is 8.51. The summed E-state index contributed by atoms with van der Waals surface area (Å²) in [7, 11) is -3.65. The molecule has 1 fully saturated rings. The summed E-state index contributed by atoms with van der Waals surface area (Å²) in [6.45, 7) is 5.37. The molecule has 0 radical (unpaired) electrons. The van der Waals surface area contributed by atoms with E-state index in [2.05, 4.69) is 18.6 Å². The van der Waals surface area contributed by atoms with Gasteiger partial charge >= 0.3 is 0 Å². The van der Waals surface area contributed by atoms with Gasteiger partial charge in [-0.1, -0.05) is 32.0 Å². The normalized spacial score (nSPS) is 18.8. The Bertz CT molecular complexity index is 915. The molecule has 1 saturated heterocycles.